The van der Waals surface area contributed by atoms with Gasteiger partial charge in [0.15, 0.2) is 5.69 Å². The molecule has 0 radical (unpaired) electrons. The number of rotatable bonds is 2. The Bertz CT molecular complexity index is 482. The summed E-state index contributed by atoms with van der Waals surface area (Å²) in [5.74, 6) is -0.336. The highest BCUT2D eigenvalue weighted by atomic mass is 19.4. The molecule has 98 valence electrons. The second-order valence-electron chi connectivity index (χ2n) is 4.69. The fourth-order valence-corrected chi connectivity index (χ4v) is 2.35. The molecule has 0 saturated carbocycles. The molecule has 1 aliphatic carbocycles. The van der Waals surface area contributed by atoms with E-state index in [-0.39, 0.29) is 12.5 Å². The van der Waals surface area contributed by atoms with E-state index in [1.54, 1.807) is 6.92 Å². The van der Waals surface area contributed by atoms with Crippen molar-refractivity contribution in [3.05, 3.63) is 17.0 Å². The van der Waals surface area contributed by atoms with Crippen LogP contribution in [0.5, 0.6) is 0 Å². The first-order valence-electron chi connectivity index (χ1n) is 5.99. The minimum atomic E-state index is -4.40. The van der Waals surface area contributed by atoms with E-state index in [4.69, 9.17) is 5.26 Å². The Hall–Kier alpha value is -1.51. The fourth-order valence-electron chi connectivity index (χ4n) is 2.35. The van der Waals surface area contributed by atoms with Crippen LogP contribution in [0.1, 0.15) is 36.7 Å². The van der Waals surface area contributed by atoms with Gasteiger partial charge in [-0.3, -0.25) is 4.68 Å². The van der Waals surface area contributed by atoms with Gasteiger partial charge in [-0.15, -0.1) is 0 Å². The molecule has 0 amide bonds. The van der Waals surface area contributed by atoms with Crippen molar-refractivity contribution in [3.8, 4) is 6.07 Å². The molecule has 1 aromatic rings. The molecule has 1 atom stereocenters. The lowest BCUT2D eigenvalue weighted by Crippen LogP contribution is -2.13. The maximum Gasteiger partial charge on any atom is 0.435 e. The Balaban J connectivity index is 2.42. The van der Waals surface area contributed by atoms with Crippen LogP contribution >= 0.6 is 0 Å². The maximum atomic E-state index is 12.9. The van der Waals surface area contributed by atoms with Gasteiger partial charge in [0.05, 0.1) is 18.5 Å². The van der Waals surface area contributed by atoms with E-state index in [0.29, 0.717) is 24.1 Å². The topological polar surface area (TPSA) is 41.6 Å². The minimum absolute atomic E-state index is 0.231. The van der Waals surface area contributed by atoms with Crippen LogP contribution in [0.3, 0.4) is 0 Å². The van der Waals surface area contributed by atoms with Gasteiger partial charge in [0.2, 0.25) is 0 Å². The average Bonchev–Trinajstić information content (AvgIpc) is 2.68. The van der Waals surface area contributed by atoms with Crippen LogP contribution in [0.2, 0.25) is 0 Å². The molecule has 0 unspecified atom stereocenters. The number of halogens is 3. The van der Waals surface area contributed by atoms with Gasteiger partial charge in [-0.25, -0.2) is 0 Å². The third-order valence-corrected chi connectivity index (χ3v) is 3.19. The first-order valence-corrected chi connectivity index (χ1v) is 5.99. The summed E-state index contributed by atoms with van der Waals surface area (Å²) in [4.78, 5) is 0. The monoisotopic (exact) mass is 257 g/mol. The summed E-state index contributed by atoms with van der Waals surface area (Å²) in [7, 11) is 0. The summed E-state index contributed by atoms with van der Waals surface area (Å²) < 4.78 is 40.0. The predicted molar refractivity (Wildman–Crippen MR) is 58.6 cm³/mol. The van der Waals surface area contributed by atoms with E-state index >= 15 is 0 Å². The molecule has 0 fully saturated rings. The zero-order valence-electron chi connectivity index (χ0n) is 10.1. The summed E-state index contributed by atoms with van der Waals surface area (Å²) in [6, 6.07) is 2.03. The molecule has 0 bridgehead atoms. The van der Waals surface area contributed by atoms with E-state index < -0.39 is 11.9 Å². The van der Waals surface area contributed by atoms with Gasteiger partial charge in [0.1, 0.15) is 0 Å². The highest BCUT2D eigenvalue weighted by molar-refractivity contribution is 5.30. The van der Waals surface area contributed by atoms with Gasteiger partial charge in [0.25, 0.3) is 0 Å². The van der Waals surface area contributed by atoms with Crippen LogP contribution < -0.4 is 0 Å². The first-order chi connectivity index (χ1) is 8.43. The van der Waals surface area contributed by atoms with Crippen LogP contribution in [0.25, 0.3) is 0 Å². The molecular formula is C12H14F3N3. The molecule has 3 nitrogen and oxygen atoms in total. The summed E-state index contributed by atoms with van der Waals surface area (Å²) >= 11 is 0. The standard InChI is InChI=1S/C12H14F3N3/c1-8(6-16)7-18-10-5-3-2-4-9(10)11(17-18)12(13,14)15/h8H,2-5,7H2,1H3/t8-/m1/s1. The van der Waals surface area contributed by atoms with Crippen molar-refractivity contribution in [2.75, 3.05) is 0 Å². The van der Waals surface area contributed by atoms with Crippen molar-refractivity contribution in [1.82, 2.24) is 9.78 Å². The lowest BCUT2D eigenvalue weighted by atomic mass is 9.95. The van der Waals surface area contributed by atoms with E-state index in [1.807, 2.05) is 6.07 Å². The summed E-state index contributed by atoms with van der Waals surface area (Å²) in [5.41, 5.74) is 0.233. The van der Waals surface area contributed by atoms with Crippen LogP contribution in [0, 0.1) is 17.2 Å². The zero-order chi connectivity index (χ0) is 13.3. The van der Waals surface area contributed by atoms with Crippen LogP contribution in [0.4, 0.5) is 13.2 Å². The lowest BCUT2D eigenvalue weighted by Gasteiger charge is -2.15. The molecule has 1 heterocycles. The predicted octanol–water partition coefficient (Wildman–Crippen LogP) is 2.94. The normalized spacial score (nSPS) is 17.1. The smallest absolute Gasteiger partial charge is 0.267 e. The second kappa shape index (κ2) is 4.63. The number of aromatic nitrogens is 2. The van der Waals surface area contributed by atoms with Gasteiger partial charge in [-0.2, -0.15) is 23.5 Å². The molecule has 0 aromatic carbocycles. The number of nitriles is 1. The first kappa shape index (κ1) is 12.9. The lowest BCUT2D eigenvalue weighted by molar-refractivity contribution is -0.142. The van der Waals surface area contributed by atoms with Crippen LogP contribution in [0.15, 0.2) is 0 Å². The molecular weight excluding hydrogens is 243 g/mol. The molecule has 2 rings (SSSR count). The Morgan fingerprint density at radius 1 is 1.39 bits per heavy atom. The van der Waals surface area contributed by atoms with Gasteiger partial charge < -0.3 is 0 Å². The highest BCUT2D eigenvalue weighted by Gasteiger charge is 2.39. The number of alkyl halides is 3. The van der Waals surface area contributed by atoms with Crippen LogP contribution in [-0.2, 0) is 25.6 Å². The van der Waals surface area contributed by atoms with E-state index in [2.05, 4.69) is 5.10 Å². The fraction of sp³-hybridized carbons (Fsp3) is 0.667. The average molecular weight is 257 g/mol. The third kappa shape index (κ3) is 2.35. The van der Waals surface area contributed by atoms with Gasteiger partial charge in [0, 0.05) is 11.3 Å². The van der Waals surface area contributed by atoms with E-state index in [0.717, 1.165) is 12.8 Å². The van der Waals surface area contributed by atoms with Crippen molar-refractivity contribution >= 4 is 0 Å². The molecule has 1 aromatic heterocycles. The number of hydrogen-bond acceptors (Lipinski definition) is 2. The van der Waals surface area contributed by atoms with E-state index in [1.165, 1.54) is 4.68 Å². The van der Waals surface area contributed by atoms with Crippen molar-refractivity contribution in [1.29, 1.82) is 5.26 Å². The Morgan fingerprint density at radius 2 is 2.06 bits per heavy atom. The van der Waals surface area contributed by atoms with Crippen molar-refractivity contribution in [3.63, 3.8) is 0 Å². The third-order valence-electron chi connectivity index (χ3n) is 3.19. The van der Waals surface area contributed by atoms with E-state index in [9.17, 15) is 13.2 Å². The summed E-state index contributed by atoms with van der Waals surface area (Å²) in [5, 5.41) is 12.4. The quantitative estimate of drug-likeness (QED) is 0.817. The molecule has 0 N–H and O–H groups in total. The molecule has 18 heavy (non-hydrogen) atoms. The number of fused-ring (bicyclic) bond motifs is 1. The Labute approximate surface area is 103 Å². The van der Waals surface area contributed by atoms with Gasteiger partial charge in [-0.1, -0.05) is 0 Å². The second-order valence-corrected chi connectivity index (χ2v) is 4.69. The highest BCUT2D eigenvalue weighted by Crippen LogP contribution is 2.35. The minimum Gasteiger partial charge on any atom is -0.267 e. The van der Waals surface area contributed by atoms with Crippen molar-refractivity contribution < 1.29 is 13.2 Å². The zero-order valence-corrected chi connectivity index (χ0v) is 10.1. The SMILES string of the molecule is C[C@H](C#N)Cn1nc(C(F)(F)F)c2c1CCCC2. The molecule has 1 aliphatic rings. The Kier molecular flexibility index (Phi) is 3.33. The van der Waals surface area contributed by atoms with Crippen molar-refractivity contribution in [2.24, 2.45) is 5.92 Å². The van der Waals surface area contributed by atoms with Gasteiger partial charge in [-0.05, 0) is 32.6 Å². The van der Waals surface area contributed by atoms with Crippen molar-refractivity contribution in [2.45, 2.75) is 45.3 Å². The molecule has 0 saturated heterocycles. The van der Waals surface area contributed by atoms with Crippen LogP contribution in [-0.4, -0.2) is 9.78 Å². The molecule has 0 aliphatic heterocycles. The maximum absolute atomic E-state index is 12.9. The summed E-state index contributed by atoms with van der Waals surface area (Å²) in [6.45, 7) is 1.92. The summed E-state index contributed by atoms with van der Waals surface area (Å²) in [6.07, 6.45) is -1.68. The largest absolute Gasteiger partial charge is 0.435 e. The molecule has 0 spiro atoms. The Morgan fingerprint density at radius 3 is 2.67 bits per heavy atom. The molecule has 6 heteroatoms. The number of hydrogen-bond donors (Lipinski definition) is 0. The number of nitrogens with zero attached hydrogens (tertiary/aromatic N) is 3. The van der Waals surface area contributed by atoms with Gasteiger partial charge >= 0.3 is 6.18 Å².